The fraction of sp³-hybridized carbons (Fsp3) is 0.923. The van der Waals surface area contributed by atoms with E-state index in [2.05, 4.69) is 12.2 Å². The van der Waals surface area contributed by atoms with Crippen LogP contribution in [0.1, 0.15) is 33.1 Å². The van der Waals surface area contributed by atoms with Crippen LogP contribution in [0.4, 0.5) is 0 Å². The molecule has 0 heterocycles. The molecule has 0 spiro atoms. The van der Waals surface area contributed by atoms with Crippen molar-refractivity contribution in [2.45, 2.75) is 39.2 Å². The molecule has 1 unspecified atom stereocenters. The molecule has 5 heteroatoms. The number of carbonyl (C=O) groups excluding carboxylic acids is 1. The minimum Gasteiger partial charge on any atom is -0.465 e. The molecule has 0 aromatic rings. The Balaban J connectivity index is 3.75. The molecule has 0 bridgehead atoms. The first-order chi connectivity index (χ1) is 8.76. The van der Waals surface area contributed by atoms with Crippen molar-refractivity contribution in [3.05, 3.63) is 0 Å². The quantitative estimate of drug-likeness (QED) is 0.424. The van der Waals surface area contributed by atoms with Crippen LogP contribution in [0.15, 0.2) is 0 Å². The number of ether oxygens (including phenoxy) is 3. The number of rotatable bonds is 12. The molecule has 108 valence electrons. The van der Waals surface area contributed by atoms with E-state index < -0.39 is 0 Å². The van der Waals surface area contributed by atoms with Gasteiger partial charge in [-0.05, 0) is 32.7 Å². The highest BCUT2D eigenvalue weighted by Crippen LogP contribution is 1.98. The van der Waals surface area contributed by atoms with Gasteiger partial charge in [-0.1, -0.05) is 6.92 Å². The summed E-state index contributed by atoms with van der Waals surface area (Å²) in [5, 5.41) is 3.18. The van der Waals surface area contributed by atoms with Gasteiger partial charge in [0.05, 0.1) is 6.61 Å². The fourth-order valence-electron chi connectivity index (χ4n) is 1.47. The molecule has 0 saturated heterocycles. The number of methoxy groups -OCH3 is 1. The Labute approximate surface area is 110 Å². The Kier molecular flexibility index (Phi) is 12.3. The van der Waals surface area contributed by atoms with Gasteiger partial charge in [0.2, 0.25) is 0 Å². The molecule has 5 nitrogen and oxygen atoms in total. The molecule has 0 fully saturated rings. The Morgan fingerprint density at radius 2 is 2.00 bits per heavy atom. The Morgan fingerprint density at radius 3 is 2.61 bits per heavy atom. The van der Waals surface area contributed by atoms with Gasteiger partial charge in [-0.25, -0.2) is 0 Å². The summed E-state index contributed by atoms with van der Waals surface area (Å²) in [5.74, 6) is -0.188. The van der Waals surface area contributed by atoms with Gasteiger partial charge < -0.3 is 19.5 Å². The van der Waals surface area contributed by atoms with E-state index in [4.69, 9.17) is 14.2 Å². The molecular formula is C13H27NO4. The summed E-state index contributed by atoms with van der Waals surface area (Å²) in [7, 11) is 1.67. The lowest BCUT2D eigenvalue weighted by Crippen LogP contribution is -2.39. The smallest absolute Gasteiger partial charge is 0.323 e. The second-order valence-corrected chi connectivity index (χ2v) is 4.01. The van der Waals surface area contributed by atoms with Gasteiger partial charge in [0.1, 0.15) is 6.04 Å². The molecule has 0 aromatic carbocycles. The maximum absolute atomic E-state index is 11.7. The van der Waals surface area contributed by atoms with Gasteiger partial charge in [0.15, 0.2) is 0 Å². The fourth-order valence-corrected chi connectivity index (χ4v) is 1.47. The number of nitrogens with one attached hydrogen (secondary N) is 1. The molecule has 0 radical (unpaired) electrons. The van der Waals surface area contributed by atoms with Gasteiger partial charge in [-0.3, -0.25) is 4.79 Å². The SMILES string of the molecule is CCCNC(CCOCCCOC)C(=O)OCC. The zero-order chi connectivity index (χ0) is 13.6. The standard InChI is InChI=1S/C13H27NO4/c1-4-8-14-12(13(15)18-5-2)7-11-17-10-6-9-16-3/h12,14H,4-11H2,1-3H3. The second kappa shape index (κ2) is 12.8. The Bertz CT molecular complexity index is 199. The highest BCUT2D eigenvalue weighted by atomic mass is 16.5. The number of esters is 1. The normalized spacial score (nSPS) is 12.4. The van der Waals surface area contributed by atoms with E-state index in [1.54, 1.807) is 7.11 Å². The molecule has 0 aliphatic heterocycles. The van der Waals surface area contributed by atoms with Crippen LogP contribution in [-0.4, -0.2) is 52.1 Å². The third-order valence-electron chi connectivity index (χ3n) is 2.40. The zero-order valence-electron chi connectivity index (χ0n) is 11.9. The van der Waals surface area contributed by atoms with E-state index in [9.17, 15) is 4.79 Å². The average molecular weight is 261 g/mol. The van der Waals surface area contributed by atoms with Crippen molar-refractivity contribution in [1.29, 1.82) is 0 Å². The van der Waals surface area contributed by atoms with Crippen LogP contribution >= 0.6 is 0 Å². The highest BCUT2D eigenvalue weighted by Gasteiger charge is 2.18. The minimum absolute atomic E-state index is 0.188. The summed E-state index contributed by atoms with van der Waals surface area (Å²) >= 11 is 0. The zero-order valence-corrected chi connectivity index (χ0v) is 11.9. The Hall–Kier alpha value is -0.650. The predicted octanol–water partition coefficient (Wildman–Crippen LogP) is 1.36. The lowest BCUT2D eigenvalue weighted by Gasteiger charge is -2.16. The van der Waals surface area contributed by atoms with Crippen molar-refractivity contribution < 1.29 is 19.0 Å². The monoisotopic (exact) mass is 261 g/mol. The van der Waals surface area contributed by atoms with Gasteiger partial charge in [0, 0.05) is 26.9 Å². The maximum Gasteiger partial charge on any atom is 0.323 e. The van der Waals surface area contributed by atoms with Crippen LogP contribution in [0.2, 0.25) is 0 Å². The van der Waals surface area contributed by atoms with Crippen LogP contribution in [0.3, 0.4) is 0 Å². The average Bonchev–Trinajstić information content (AvgIpc) is 2.37. The van der Waals surface area contributed by atoms with E-state index >= 15 is 0 Å². The van der Waals surface area contributed by atoms with Crippen LogP contribution in [0.5, 0.6) is 0 Å². The summed E-state index contributed by atoms with van der Waals surface area (Å²) in [6.07, 6.45) is 2.51. The first-order valence-electron chi connectivity index (χ1n) is 6.72. The molecular weight excluding hydrogens is 234 g/mol. The summed E-state index contributed by atoms with van der Waals surface area (Å²) in [6.45, 7) is 7.04. The summed E-state index contributed by atoms with van der Waals surface area (Å²) in [6, 6.07) is -0.257. The lowest BCUT2D eigenvalue weighted by atomic mass is 10.2. The largest absolute Gasteiger partial charge is 0.465 e. The van der Waals surface area contributed by atoms with E-state index in [1.165, 1.54) is 0 Å². The summed E-state index contributed by atoms with van der Waals surface area (Å²) < 4.78 is 15.4. The molecule has 0 rings (SSSR count). The van der Waals surface area contributed by atoms with E-state index in [0.29, 0.717) is 32.8 Å². The predicted molar refractivity (Wildman–Crippen MR) is 70.6 cm³/mol. The molecule has 0 aliphatic rings. The number of hydrogen-bond acceptors (Lipinski definition) is 5. The summed E-state index contributed by atoms with van der Waals surface area (Å²) in [4.78, 5) is 11.7. The molecule has 1 atom stereocenters. The molecule has 18 heavy (non-hydrogen) atoms. The van der Waals surface area contributed by atoms with Crippen LogP contribution in [0, 0.1) is 0 Å². The first kappa shape index (κ1) is 17.4. The highest BCUT2D eigenvalue weighted by molar-refractivity contribution is 5.75. The van der Waals surface area contributed by atoms with Crippen molar-refractivity contribution in [2.75, 3.05) is 40.1 Å². The topological polar surface area (TPSA) is 56.8 Å². The van der Waals surface area contributed by atoms with Gasteiger partial charge in [-0.15, -0.1) is 0 Å². The lowest BCUT2D eigenvalue weighted by molar-refractivity contribution is -0.146. The van der Waals surface area contributed by atoms with Gasteiger partial charge in [0.25, 0.3) is 0 Å². The van der Waals surface area contributed by atoms with Crippen LogP contribution in [0.25, 0.3) is 0 Å². The van der Waals surface area contributed by atoms with Gasteiger partial charge in [-0.2, -0.15) is 0 Å². The molecule has 0 aromatic heterocycles. The van der Waals surface area contributed by atoms with E-state index in [1.807, 2.05) is 6.92 Å². The second-order valence-electron chi connectivity index (χ2n) is 4.01. The minimum atomic E-state index is -0.257. The third-order valence-corrected chi connectivity index (χ3v) is 2.40. The third kappa shape index (κ3) is 9.39. The van der Waals surface area contributed by atoms with Gasteiger partial charge >= 0.3 is 5.97 Å². The Morgan fingerprint density at radius 1 is 1.22 bits per heavy atom. The number of carbonyl (C=O) groups is 1. The number of hydrogen-bond donors (Lipinski definition) is 1. The first-order valence-corrected chi connectivity index (χ1v) is 6.72. The van der Waals surface area contributed by atoms with Crippen molar-refractivity contribution in [3.63, 3.8) is 0 Å². The molecule has 1 N–H and O–H groups in total. The van der Waals surface area contributed by atoms with Crippen molar-refractivity contribution >= 4 is 5.97 Å². The molecule has 0 amide bonds. The molecule has 0 saturated carbocycles. The van der Waals surface area contributed by atoms with Crippen molar-refractivity contribution in [3.8, 4) is 0 Å². The van der Waals surface area contributed by atoms with Crippen LogP contribution < -0.4 is 5.32 Å². The van der Waals surface area contributed by atoms with Crippen LogP contribution in [-0.2, 0) is 19.0 Å². The van der Waals surface area contributed by atoms with Crippen molar-refractivity contribution in [2.24, 2.45) is 0 Å². The summed E-state index contributed by atoms with van der Waals surface area (Å²) in [5.41, 5.74) is 0. The molecule has 0 aliphatic carbocycles. The van der Waals surface area contributed by atoms with Crippen molar-refractivity contribution in [1.82, 2.24) is 5.32 Å². The maximum atomic E-state index is 11.7. The van der Waals surface area contributed by atoms with E-state index in [-0.39, 0.29) is 12.0 Å². The van der Waals surface area contributed by atoms with E-state index in [0.717, 1.165) is 19.4 Å².